The van der Waals surface area contributed by atoms with Crippen molar-refractivity contribution in [3.8, 4) is 10.6 Å². The van der Waals surface area contributed by atoms with Crippen LogP contribution in [-0.4, -0.2) is 35.1 Å². The predicted octanol–water partition coefficient (Wildman–Crippen LogP) is 3.39. The van der Waals surface area contributed by atoms with E-state index in [4.69, 9.17) is 4.74 Å². The summed E-state index contributed by atoms with van der Waals surface area (Å²) in [6.07, 6.45) is 7.50. The molecule has 24 heavy (non-hydrogen) atoms. The predicted molar refractivity (Wildman–Crippen MR) is 95.0 cm³/mol. The van der Waals surface area contributed by atoms with E-state index in [2.05, 4.69) is 29.1 Å². The van der Waals surface area contributed by atoms with E-state index in [0.717, 1.165) is 30.0 Å². The molecule has 6 heteroatoms. The highest BCUT2D eigenvalue weighted by Crippen LogP contribution is 2.27. The van der Waals surface area contributed by atoms with Crippen LogP contribution in [0.15, 0.2) is 30.7 Å². The van der Waals surface area contributed by atoms with Crippen molar-refractivity contribution in [3.63, 3.8) is 0 Å². The summed E-state index contributed by atoms with van der Waals surface area (Å²) in [5.41, 5.74) is 0.981. The summed E-state index contributed by atoms with van der Waals surface area (Å²) in [7, 11) is 0. The lowest BCUT2D eigenvalue weighted by atomic mass is 9.87. The second-order valence-electron chi connectivity index (χ2n) is 6.46. The van der Waals surface area contributed by atoms with Crippen LogP contribution in [-0.2, 0) is 4.74 Å². The number of pyridine rings is 1. The van der Waals surface area contributed by atoms with Gasteiger partial charge in [-0.05, 0) is 30.9 Å². The number of amides is 1. The van der Waals surface area contributed by atoms with Gasteiger partial charge in [0, 0.05) is 37.0 Å². The third kappa shape index (κ3) is 3.99. The van der Waals surface area contributed by atoms with Gasteiger partial charge in [-0.1, -0.05) is 13.8 Å². The van der Waals surface area contributed by atoms with Gasteiger partial charge in [0.1, 0.15) is 9.88 Å². The van der Waals surface area contributed by atoms with E-state index in [1.54, 1.807) is 18.6 Å². The molecule has 2 unspecified atom stereocenters. The Morgan fingerprint density at radius 1 is 1.42 bits per heavy atom. The quantitative estimate of drug-likeness (QED) is 0.902. The Kier molecular flexibility index (Phi) is 5.58. The Balaban J connectivity index is 1.60. The van der Waals surface area contributed by atoms with Crippen molar-refractivity contribution in [2.24, 2.45) is 11.8 Å². The Labute approximate surface area is 146 Å². The minimum Gasteiger partial charge on any atom is -0.378 e. The Hall–Kier alpha value is -1.79. The van der Waals surface area contributed by atoms with Crippen molar-refractivity contribution in [3.05, 3.63) is 35.6 Å². The average Bonchev–Trinajstić information content (AvgIpc) is 3.11. The summed E-state index contributed by atoms with van der Waals surface area (Å²) in [4.78, 5) is 21.4. The first-order valence-electron chi connectivity index (χ1n) is 8.41. The average molecular weight is 345 g/mol. The normalized spacial score (nSPS) is 21.0. The molecule has 1 fully saturated rings. The molecule has 3 heterocycles. The molecule has 3 rings (SSSR count). The molecule has 1 aliphatic rings. The number of aromatic nitrogens is 2. The summed E-state index contributed by atoms with van der Waals surface area (Å²) in [5.74, 6) is 0.796. The fraction of sp³-hybridized carbons (Fsp3) is 0.500. The number of hydrogen-bond donors (Lipinski definition) is 1. The van der Waals surface area contributed by atoms with Gasteiger partial charge in [-0.25, -0.2) is 4.98 Å². The van der Waals surface area contributed by atoms with Crippen molar-refractivity contribution in [1.82, 2.24) is 15.3 Å². The molecule has 1 amide bonds. The van der Waals surface area contributed by atoms with Crippen LogP contribution in [0.3, 0.4) is 0 Å². The summed E-state index contributed by atoms with van der Waals surface area (Å²) in [6, 6.07) is 3.79. The van der Waals surface area contributed by atoms with Gasteiger partial charge in [-0.3, -0.25) is 9.78 Å². The van der Waals surface area contributed by atoms with E-state index in [9.17, 15) is 4.79 Å². The number of nitrogens with one attached hydrogen (secondary N) is 1. The van der Waals surface area contributed by atoms with E-state index < -0.39 is 0 Å². The first kappa shape index (κ1) is 17.0. The van der Waals surface area contributed by atoms with Crippen molar-refractivity contribution in [1.29, 1.82) is 0 Å². The summed E-state index contributed by atoms with van der Waals surface area (Å²) in [6.45, 7) is 5.84. The van der Waals surface area contributed by atoms with Crippen molar-refractivity contribution < 1.29 is 9.53 Å². The van der Waals surface area contributed by atoms with Crippen molar-refractivity contribution in [2.45, 2.75) is 32.8 Å². The minimum absolute atomic E-state index is 0.0547. The Morgan fingerprint density at radius 3 is 2.96 bits per heavy atom. The maximum atomic E-state index is 12.4. The van der Waals surface area contributed by atoms with Crippen LogP contribution >= 0.6 is 11.3 Å². The molecular formula is C18H23N3O2S. The zero-order valence-corrected chi connectivity index (χ0v) is 14.9. The standard InChI is InChI=1S/C18H23N3O2S/c1-12(2)16-14(4-3-9-23-16)10-20-17(22)15-11-21-18(24-15)13-5-7-19-8-6-13/h5-8,11-12,14,16H,3-4,9-10H2,1-2H3,(H,20,22). The molecule has 5 nitrogen and oxygen atoms in total. The highest BCUT2D eigenvalue weighted by Gasteiger charge is 2.28. The van der Waals surface area contributed by atoms with Gasteiger partial charge in [0.05, 0.1) is 12.3 Å². The molecular weight excluding hydrogens is 322 g/mol. The molecule has 2 aromatic rings. The molecule has 0 radical (unpaired) electrons. The SMILES string of the molecule is CC(C)C1OCCCC1CNC(=O)c1cnc(-c2ccncc2)s1. The number of hydrogen-bond acceptors (Lipinski definition) is 5. The van der Waals surface area contributed by atoms with Crippen LogP contribution in [0.4, 0.5) is 0 Å². The first-order chi connectivity index (χ1) is 11.6. The van der Waals surface area contributed by atoms with E-state index in [1.165, 1.54) is 11.3 Å². The summed E-state index contributed by atoms with van der Waals surface area (Å²) < 4.78 is 5.88. The molecule has 0 aromatic carbocycles. The molecule has 1 saturated heterocycles. The number of ether oxygens (including phenoxy) is 1. The minimum atomic E-state index is -0.0547. The largest absolute Gasteiger partial charge is 0.378 e. The van der Waals surface area contributed by atoms with Crippen LogP contribution in [0.1, 0.15) is 36.4 Å². The lowest BCUT2D eigenvalue weighted by Crippen LogP contribution is -2.41. The van der Waals surface area contributed by atoms with E-state index in [1.807, 2.05) is 12.1 Å². The molecule has 0 bridgehead atoms. The van der Waals surface area contributed by atoms with Gasteiger partial charge in [0.2, 0.25) is 0 Å². The second kappa shape index (κ2) is 7.85. The molecule has 1 aliphatic heterocycles. The first-order valence-corrected chi connectivity index (χ1v) is 9.23. The third-order valence-corrected chi connectivity index (χ3v) is 5.38. The maximum absolute atomic E-state index is 12.4. The highest BCUT2D eigenvalue weighted by atomic mass is 32.1. The zero-order chi connectivity index (χ0) is 16.9. The van der Waals surface area contributed by atoms with Gasteiger partial charge in [0.25, 0.3) is 5.91 Å². The van der Waals surface area contributed by atoms with Gasteiger partial charge in [0.15, 0.2) is 0 Å². The molecule has 2 atom stereocenters. The summed E-state index contributed by atoms with van der Waals surface area (Å²) >= 11 is 1.41. The smallest absolute Gasteiger partial charge is 0.263 e. The molecule has 0 saturated carbocycles. The second-order valence-corrected chi connectivity index (χ2v) is 7.49. The lowest BCUT2D eigenvalue weighted by Gasteiger charge is -2.34. The van der Waals surface area contributed by atoms with Crippen LogP contribution in [0.2, 0.25) is 0 Å². The number of nitrogens with zero attached hydrogens (tertiary/aromatic N) is 2. The Morgan fingerprint density at radius 2 is 2.21 bits per heavy atom. The van der Waals surface area contributed by atoms with Crippen LogP contribution in [0.5, 0.6) is 0 Å². The van der Waals surface area contributed by atoms with Crippen LogP contribution in [0, 0.1) is 11.8 Å². The highest BCUT2D eigenvalue weighted by molar-refractivity contribution is 7.16. The number of carbonyl (C=O) groups is 1. The van der Waals surface area contributed by atoms with E-state index in [-0.39, 0.29) is 12.0 Å². The van der Waals surface area contributed by atoms with E-state index in [0.29, 0.717) is 23.3 Å². The fourth-order valence-electron chi connectivity index (χ4n) is 3.14. The van der Waals surface area contributed by atoms with Gasteiger partial charge >= 0.3 is 0 Å². The van der Waals surface area contributed by atoms with Crippen LogP contribution in [0.25, 0.3) is 10.6 Å². The summed E-state index contributed by atoms with van der Waals surface area (Å²) in [5, 5.41) is 3.89. The lowest BCUT2D eigenvalue weighted by molar-refractivity contribution is -0.0510. The molecule has 0 spiro atoms. The monoisotopic (exact) mass is 345 g/mol. The molecule has 1 N–H and O–H groups in total. The third-order valence-electron chi connectivity index (χ3n) is 4.33. The zero-order valence-electron chi connectivity index (χ0n) is 14.1. The van der Waals surface area contributed by atoms with Gasteiger partial charge in [-0.2, -0.15) is 0 Å². The molecule has 0 aliphatic carbocycles. The molecule has 128 valence electrons. The van der Waals surface area contributed by atoms with Crippen molar-refractivity contribution in [2.75, 3.05) is 13.2 Å². The van der Waals surface area contributed by atoms with Crippen molar-refractivity contribution >= 4 is 17.2 Å². The fourth-order valence-corrected chi connectivity index (χ4v) is 3.98. The van der Waals surface area contributed by atoms with Gasteiger partial charge in [-0.15, -0.1) is 11.3 Å². The van der Waals surface area contributed by atoms with Crippen LogP contribution < -0.4 is 5.32 Å². The molecule has 2 aromatic heterocycles. The van der Waals surface area contributed by atoms with E-state index >= 15 is 0 Å². The Bertz CT molecular complexity index is 672. The van der Waals surface area contributed by atoms with Gasteiger partial charge < -0.3 is 10.1 Å². The number of rotatable bonds is 5. The maximum Gasteiger partial charge on any atom is 0.263 e. The number of thiazole rings is 1. The topological polar surface area (TPSA) is 64.1 Å². The number of carbonyl (C=O) groups excluding carboxylic acids is 1.